The molecule has 0 aliphatic rings. The van der Waals surface area contributed by atoms with E-state index in [0.29, 0.717) is 13.1 Å². The molecule has 0 bridgehead atoms. The van der Waals surface area contributed by atoms with Gasteiger partial charge in [-0.1, -0.05) is 26.3 Å². The molecule has 0 spiro atoms. The van der Waals surface area contributed by atoms with Crippen LogP contribution < -0.4 is 27.4 Å². The molecule has 0 rings (SSSR count). The zero-order chi connectivity index (χ0) is 19.4. The monoisotopic (exact) mass is 339 g/mol. The van der Waals surface area contributed by atoms with Crippen LogP contribution in [0.2, 0.25) is 0 Å². The van der Waals surface area contributed by atoms with Gasteiger partial charge >= 0.3 is 0 Å². The fourth-order valence-corrected chi connectivity index (χ4v) is 0.630. The Morgan fingerprint density at radius 2 is 1.08 bits per heavy atom. The van der Waals surface area contributed by atoms with Crippen LogP contribution in [0.4, 0.5) is 0 Å². The molecule has 0 atom stereocenters. The van der Waals surface area contributed by atoms with Crippen LogP contribution in [0.15, 0.2) is 50.6 Å². The van der Waals surface area contributed by atoms with Gasteiger partial charge in [-0.05, 0) is 24.3 Å². The van der Waals surface area contributed by atoms with Gasteiger partial charge in [-0.3, -0.25) is 19.2 Å². The number of primary amides is 1. The Hall–Kier alpha value is -3.20. The van der Waals surface area contributed by atoms with Gasteiger partial charge in [0.25, 0.3) is 0 Å². The van der Waals surface area contributed by atoms with Crippen molar-refractivity contribution in [2.75, 3.05) is 19.8 Å². The minimum absolute atomic E-state index is 0.0930. The van der Waals surface area contributed by atoms with Gasteiger partial charge < -0.3 is 27.4 Å². The first-order valence-electron chi connectivity index (χ1n) is 6.61. The quantitative estimate of drug-likeness (QED) is 0.267. The number of nitrogens with one attached hydrogen (secondary N) is 3. The molecular weight excluding hydrogens is 314 g/mol. The molecule has 9 nitrogen and oxygen atoms in total. The van der Waals surface area contributed by atoms with E-state index in [1.807, 2.05) is 0 Å². The number of hydrogen-bond acceptors (Lipinski definition) is 5. The molecular formula is C15H25N5O4. The molecule has 0 fully saturated rings. The van der Waals surface area contributed by atoms with Crippen molar-refractivity contribution >= 4 is 23.6 Å². The third kappa shape index (κ3) is 27.2. The summed E-state index contributed by atoms with van der Waals surface area (Å²) in [6.07, 6.45) is 4.52. The molecule has 24 heavy (non-hydrogen) atoms. The normalized spacial score (nSPS) is 7.71. The van der Waals surface area contributed by atoms with Gasteiger partial charge in [0.1, 0.15) is 0 Å². The lowest BCUT2D eigenvalue weighted by Crippen LogP contribution is -2.35. The lowest BCUT2D eigenvalue weighted by molar-refractivity contribution is -0.118. The summed E-state index contributed by atoms with van der Waals surface area (Å²) in [7, 11) is 0. The van der Waals surface area contributed by atoms with Crippen LogP contribution in [0.1, 0.15) is 0 Å². The van der Waals surface area contributed by atoms with Gasteiger partial charge in [0.2, 0.25) is 23.6 Å². The molecule has 0 saturated carbocycles. The molecule has 0 aliphatic carbocycles. The second kappa shape index (κ2) is 19.8. The van der Waals surface area contributed by atoms with Crippen molar-refractivity contribution < 1.29 is 19.2 Å². The van der Waals surface area contributed by atoms with Crippen molar-refractivity contribution in [1.82, 2.24) is 16.0 Å². The Morgan fingerprint density at radius 1 is 0.750 bits per heavy atom. The summed E-state index contributed by atoms with van der Waals surface area (Å²) in [5.41, 5.74) is 9.62. The fourth-order valence-electron chi connectivity index (χ4n) is 0.630. The lowest BCUT2D eigenvalue weighted by Gasteiger charge is -2.01. The predicted molar refractivity (Wildman–Crippen MR) is 93.2 cm³/mol. The van der Waals surface area contributed by atoms with Crippen LogP contribution in [0, 0.1) is 0 Å². The Bertz CT molecular complexity index is 441. The highest BCUT2D eigenvalue weighted by Gasteiger charge is 1.93. The highest BCUT2D eigenvalue weighted by Crippen LogP contribution is 1.66. The van der Waals surface area contributed by atoms with Gasteiger partial charge in [0.05, 0.1) is 6.67 Å². The topological polar surface area (TPSA) is 156 Å². The Morgan fingerprint density at radius 3 is 1.33 bits per heavy atom. The predicted octanol–water partition coefficient (Wildman–Crippen LogP) is -1.55. The summed E-state index contributed by atoms with van der Waals surface area (Å²) in [6.45, 7) is 13.9. The molecule has 0 unspecified atom stereocenters. The average molecular weight is 339 g/mol. The van der Waals surface area contributed by atoms with Crippen LogP contribution in [-0.4, -0.2) is 43.4 Å². The zero-order valence-corrected chi connectivity index (χ0v) is 13.5. The first-order chi connectivity index (χ1) is 11.3. The maximum Gasteiger partial charge on any atom is 0.244 e. The Balaban J connectivity index is -0.000000298. The first kappa shape index (κ1) is 25.7. The SMILES string of the molecule is C=CC(=O)NCCN.C=CC(=O)NCNC(=O)C=C.C=CC(N)=O. The van der Waals surface area contributed by atoms with Crippen molar-refractivity contribution in [2.24, 2.45) is 11.5 Å². The molecule has 7 N–H and O–H groups in total. The van der Waals surface area contributed by atoms with Crippen molar-refractivity contribution in [1.29, 1.82) is 0 Å². The van der Waals surface area contributed by atoms with E-state index in [9.17, 15) is 19.2 Å². The zero-order valence-electron chi connectivity index (χ0n) is 13.5. The van der Waals surface area contributed by atoms with Gasteiger partial charge in [-0.25, -0.2) is 0 Å². The van der Waals surface area contributed by atoms with Crippen LogP contribution in [0.3, 0.4) is 0 Å². The second-order valence-electron chi connectivity index (χ2n) is 3.56. The molecule has 0 radical (unpaired) electrons. The summed E-state index contributed by atoms with van der Waals surface area (Å²) >= 11 is 0. The summed E-state index contributed by atoms with van der Waals surface area (Å²) in [4.78, 5) is 40.7. The van der Waals surface area contributed by atoms with E-state index < -0.39 is 5.91 Å². The maximum atomic E-state index is 10.5. The average Bonchev–Trinajstić information content (AvgIpc) is 2.59. The van der Waals surface area contributed by atoms with Crippen molar-refractivity contribution in [3.8, 4) is 0 Å². The van der Waals surface area contributed by atoms with Gasteiger partial charge in [0, 0.05) is 13.1 Å². The van der Waals surface area contributed by atoms with Gasteiger partial charge in [0.15, 0.2) is 0 Å². The van der Waals surface area contributed by atoms with Crippen molar-refractivity contribution in [3.05, 3.63) is 50.6 Å². The number of rotatable bonds is 8. The van der Waals surface area contributed by atoms with Crippen molar-refractivity contribution in [2.45, 2.75) is 0 Å². The minimum Gasteiger partial charge on any atom is -0.366 e. The lowest BCUT2D eigenvalue weighted by atomic mass is 10.5. The molecule has 0 aromatic carbocycles. The molecule has 4 amide bonds. The summed E-state index contributed by atoms with van der Waals surface area (Å²) in [5.74, 6) is -1.30. The Kier molecular flexibility index (Phi) is 21.2. The summed E-state index contributed by atoms with van der Waals surface area (Å²) < 4.78 is 0. The van der Waals surface area contributed by atoms with E-state index >= 15 is 0 Å². The minimum atomic E-state index is -0.481. The van der Waals surface area contributed by atoms with Gasteiger partial charge in [-0.2, -0.15) is 0 Å². The van der Waals surface area contributed by atoms with Gasteiger partial charge in [-0.15, -0.1) is 0 Å². The largest absolute Gasteiger partial charge is 0.366 e. The van der Waals surface area contributed by atoms with E-state index in [2.05, 4.69) is 48.0 Å². The first-order valence-corrected chi connectivity index (χ1v) is 6.61. The van der Waals surface area contributed by atoms with E-state index in [1.54, 1.807) is 0 Å². The number of amides is 4. The smallest absolute Gasteiger partial charge is 0.244 e. The molecule has 0 aromatic heterocycles. The molecule has 0 aliphatic heterocycles. The van der Waals surface area contributed by atoms with E-state index in [1.165, 1.54) is 6.08 Å². The molecule has 9 heteroatoms. The molecule has 0 aromatic rings. The molecule has 0 heterocycles. The third-order valence-electron chi connectivity index (χ3n) is 1.73. The standard InChI is InChI=1S/C7H10N2O2.C5H10N2O.C3H5NO/c1-3-6(10)8-5-9-7(11)4-2;1-2-5(8)7-4-3-6;1-2-3(4)5/h3-4H,1-2,5H2,(H,8,10)(H,9,11);2H,1,3-4,6H2,(H,7,8);2H,1H2,(H2,4,5). The van der Waals surface area contributed by atoms with Crippen LogP contribution in [0.5, 0.6) is 0 Å². The number of nitrogens with two attached hydrogens (primary N) is 2. The maximum absolute atomic E-state index is 10.5. The highest BCUT2D eigenvalue weighted by atomic mass is 16.2. The summed E-state index contributed by atoms with van der Waals surface area (Å²) in [5, 5.41) is 7.22. The molecule has 134 valence electrons. The van der Waals surface area contributed by atoms with E-state index in [0.717, 1.165) is 18.2 Å². The second-order valence-corrected chi connectivity index (χ2v) is 3.56. The highest BCUT2D eigenvalue weighted by molar-refractivity contribution is 5.89. The van der Waals surface area contributed by atoms with Crippen molar-refractivity contribution in [3.63, 3.8) is 0 Å². The number of carbonyl (C=O) groups excluding carboxylic acids is 4. The summed E-state index contributed by atoms with van der Waals surface area (Å²) in [6, 6.07) is 0. The Labute approximate surface area is 141 Å². The van der Waals surface area contributed by atoms with E-state index in [-0.39, 0.29) is 24.4 Å². The number of carbonyl (C=O) groups is 4. The number of hydrogen-bond donors (Lipinski definition) is 5. The fraction of sp³-hybridized carbons (Fsp3) is 0.200. The van der Waals surface area contributed by atoms with Crippen LogP contribution >= 0.6 is 0 Å². The van der Waals surface area contributed by atoms with Crippen LogP contribution in [0.25, 0.3) is 0 Å². The van der Waals surface area contributed by atoms with Crippen LogP contribution in [-0.2, 0) is 19.2 Å². The molecule has 0 saturated heterocycles. The third-order valence-corrected chi connectivity index (χ3v) is 1.73. The van der Waals surface area contributed by atoms with E-state index in [4.69, 9.17) is 5.73 Å².